The van der Waals surface area contributed by atoms with Crippen LogP contribution in [0.2, 0.25) is 5.02 Å². The molecular weight excluding hydrogens is 456 g/mol. The summed E-state index contributed by atoms with van der Waals surface area (Å²) in [6.07, 6.45) is 1.91. The first-order chi connectivity index (χ1) is 15.0. The fourth-order valence-corrected chi connectivity index (χ4v) is 5.79. The monoisotopic (exact) mass is 478 g/mol. The Morgan fingerprint density at radius 3 is 2.84 bits per heavy atom. The minimum absolute atomic E-state index is 0.00435. The fourth-order valence-electron chi connectivity index (χ4n) is 3.58. The lowest BCUT2D eigenvalue weighted by molar-refractivity contribution is 0.0531. The molecule has 9 heteroatoms. The van der Waals surface area contributed by atoms with E-state index in [9.17, 15) is 9.59 Å². The third-order valence-electron chi connectivity index (χ3n) is 5.17. The molecule has 1 aliphatic heterocycles. The normalized spacial score (nSPS) is 16.2. The number of rotatable bonds is 7. The number of halogens is 1. The summed E-state index contributed by atoms with van der Waals surface area (Å²) in [6.45, 7) is 5.00. The van der Waals surface area contributed by atoms with Gasteiger partial charge in [-0.05, 0) is 49.9 Å². The predicted molar refractivity (Wildman–Crippen MR) is 125 cm³/mol. The van der Waals surface area contributed by atoms with Crippen molar-refractivity contribution in [2.75, 3.05) is 13.2 Å². The lowest BCUT2D eigenvalue weighted by Gasteiger charge is -2.16. The van der Waals surface area contributed by atoms with E-state index >= 15 is 0 Å². The van der Waals surface area contributed by atoms with E-state index in [4.69, 9.17) is 26.1 Å². The van der Waals surface area contributed by atoms with Gasteiger partial charge in [0.2, 0.25) is 0 Å². The first-order valence-electron chi connectivity index (χ1n) is 10.2. The van der Waals surface area contributed by atoms with Gasteiger partial charge in [0, 0.05) is 17.4 Å². The molecule has 1 atom stereocenters. The van der Waals surface area contributed by atoms with Crippen LogP contribution in [0, 0.1) is 6.92 Å². The van der Waals surface area contributed by atoms with E-state index < -0.39 is 5.97 Å². The van der Waals surface area contributed by atoms with Gasteiger partial charge < -0.3 is 9.47 Å². The molecule has 31 heavy (non-hydrogen) atoms. The Kier molecular flexibility index (Phi) is 7.01. The molecule has 4 rings (SSSR count). The van der Waals surface area contributed by atoms with E-state index in [-0.39, 0.29) is 18.3 Å². The maximum absolute atomic E-state index is 13.5. The van der Waals surface area contributed by atoms with E-state index in [2.05, 4.69) is 0 Å². The summed E-state index contributed by atoms with van der Waals surface area (Å²) in [4.78, 5) is 31.6. The van der Waals surface area contributed by atoms with Gasteiger partial charge in [-0.2, -0.15) is 0 Å². The van der Waals surface area contributed by atoms with Gasteiger partial charge in [0.1, 0.15) is 9.71 Å². The number of thiophene rings is 1. The van der Waals surface area contributed by atoms with Crippen molar-refractivity contribution in [3.05, 3.63) is 55.6 Å². The van der Waals surface area contributed by atoms with Crippen LogP contribution in [0.15, 0.2) is 34.2 Å². The van der Waals surface area contributed by atoms with Crippen molar-refractivity contribution in [2.45, 2.75) is 50.2 Å². The largest absolute Gasteiger partial charge is 0.462 e. The Labute approximate surface area is 193 Å². The molecule has 0 bridgehead atoms. The van der Waals surface area contributed by atoms with Crippen LogP contribution in [0.25, 0.3) is 10.2 Å². The lowest BCUT2D eigenvalue weighted by atomic mass is 10.2. The molecule has 2 aromatic heterocycles. The maximum Gasteiger partial charge on any atom is 0.348 e. The second-order valence-electron chi connectivity index (χ2n) is 7.32. The molecule has 0 radical (unpaired) electrons. The number of carbonyl (C=O) groups excluding carboxylic acids is 1. The number of thioether (sulfide) groups is 1. The Hall–Kier alpha value is -1.87. The molecule has 1 aromatic carbocycles. The highest BCUT2D eigenvalue weighted by Gasteiger charge is 2.25. The summed E-state index contributed by atoms with van der Waals surface area (Å²) in [5, 5.41) is 1.80. The van der Waals surface area contributed by atoms with E-state index in [0.29, 0.717) is 49.7 Å². The zero-order valence-corrected chi connectivity index (χ0v) is 19.7. The smallest absolute Gasteiger partial charge is 0.348 e. The van der Waals surface area contributed by atoms with Gasteiger partial charge in [0.05, 0.1) is 24.6 Å². The number of aromatic nitrogens is 2. The van der Waals surface area contributed by atoms with Gasteiger partial charge in [-0.25, -0.2) is 9.78 Å². The number of benzene rings is 1. The van der Waals surface area contributed by atoms with Crippen molar-refractivity contribution < 1.29 is 14.3 Å². The highest BCUT2D eigenvalue weighted by atomic mass is 35.5. The summed E-state index contributed by atoms with van der Waals surface area (Å²) in [5.74, 6) is 0.235. The molecule has 0 unspecified atom stereocenters. The van der Waals surface area contributed by atoms with Gasteiger partial charge in [-0.3, -0.25) is 9.36 Å². The highest BCUT2D eigenvalue weighted by molar-refractivity contribution is 7.98. The molecule has 1 fully saturated rings. The minimum atomic E-state index is -0.413. The molecule has 0 amide bonds. The number of nitrogens with zero attached hydrogens (tertiary/aromatic N) is 2. The molecule has 0 N–H and O–H groups in total. The van der Waals surface area contributed by atoms with Crippen molar-refractivity contribution in [3.63, 3.8) is 0 Å². The van der Waals surface area contributed by atoms with Crippen LogP contribution in [0.1, 0.15) is 40.6 Å². The number of esters is 1. The van der Waals surface area contributed by atoms with Crippen molar-refractivity contribution in [3.8, 4) is 0 Å². The van der Waals surface area contributed by atoms with Crippen LogP contribution in [0.3, 0.4) is 0 Å². The topological polar surface area (TPSA) is 70.4 Å². The Morgan fingerprint density at radius 2 is 2.16 bits per heavy atom. The average Bonchev–Trinajstić information content (AvgIpc) is 3.38. The van der Waals surface area contributed by atoms with E-state index in [1.54, 1.807) is 18.4 Å². The minimum Gasteiger partial charge on any atom is -0.462 e. The van der Waals surface area contributed by atoms with Gasteiger partial charge >= 0.3 is 5.97 Å². The third kappa shape index (κ3) is 4.82. The second-order valence-corrected chi connectivity index (χ2v) is 9.70. The molecule has 6 nitrogen and oxygen atoms in total. The summed E-state index contributed by atoms with van der Waals surface area (Å²) in [7, 11) is 0. The molecule has 1 aliphatic rings. The average molecular weight is 479 g/mol. The van der Waals surface area contributed by atoms with Crippen LogP contribution < -0.4 is 5.56 Å². The van der Waals surface area contributed by atoms with Crippen molar-refractivity contribution in [1.82, 2.24) is 9.55 Å². The second kappa shape index (κ2) is 9.73. The summed E-state index contributed by atoms with van der Waals surface area (Å²) in [6, 6.07) is 7.62. The van der Waals surface area contributed by atoms with E-state index in [1.807, 2.05) is 24.3 Å². The first kappa shape index (κ1) is 22.3. The zero-order chi connectivity index (χ0) is 22.0. The van der Waals surface area contributed by atoms with Gasteiger partial charge in [-0.15, -0.1) is 11.3 Å². The van der Waals surface area contributed by atoms with Gasteiger partial charge in [0.15, 0.2) is 5.16 Å². The molecular formula is C22H23ClN2O4S2. The molecule has 164 valence electrons. The Balaban J connectivity index is 1.74. The summed E-state index contributed by atoms with van der Waals surface area (Å²) >= 11 is 8.70. The van der Waals surface area contributed by atoms with Gasteiger partial charge in [0.25, 0.3) is 5.56 Å². The number of hydrogen-bond donors (Lipinski definition) is 0. The van der Waals surface area contributed by atoms with Crippen LogP contribution >= 0.6 is 34.7 Å². The van der Waals surface area contributed by atoms with E-state index in [1.165, 1.54) is 23.1 Å². The molecule has 3 aromatic rings. The molecule has 0 saturated carbocycles. The van der Waals surface area contributed by atoms with Crippen LogP contribution in [-0.4, -0.2) is 34.8 Å². The number of fused-ring (bicyclic) bond motifs is 1. The van der Waals surface area contributed by atoms with Crippen LogP contribution in [-0.2, 0) is 21.8 Å². The number of hydrogen-bond acceptors (Lipinski definition) is 7. The molecule has 0 spiro atoms. The SMILES string of the molecule is CCOC(=O)c1sc2nc(SCc3ccc(Cl)cc3)n(C[C@H]3CCCO3)c(=O)c2c1C. The maximum atomic E-state index is 13.5. The number of ether oxygens (including phenoxy) is 2. The van der Waals surface area contributed by atoms with Gasteiger partial charge in [-0.1, -0.05) is 35.5 Å². The van der Waals surface area contributed by atoms with Crippen LogP contribution in [0.5, 0.6) is 0 Å². The Bertz CT molecular complexity index is 1150. The van der Waals surface area contributed by atoms with Crippen molar-refractivity contribution in [1.29, 1.82) is 0 Å². The summed E-state index contributed by atoms with van der Waals surface area (Å²) in [5.41, 5.74) is 1.58. The van der Waals surface area contributed by atoms with Crippen molar-refractivity contribution >= 4 is 50.9 Å². The first-order valence-corrected chi connectivity index (χ1v) is 12.4. The Morgan fingerprint density at radius 1 is 1.39 bits per heavy atom. The molecule has 3 heterocycles. The predicted octanol–water partition coefficient (Wildman–Crippen LogP) is 5.07. The van der Waals surface area contributed by atoms with E-state index in [0.717, 1.165) is 18.4 Å². The number of carbonyl (C=O) groups is 1. The fraction of sp³-hybridized carbons (Fsp3) is 0.409. The number of aryl methyl sites for hydroxylation is 1. The highest BCUT2D eigenvalue weighted by Crippen LogP contribution is 2.31. The summed E-state index contributed by atoms with van der Waals surface area (Å²) < 4.78 is 12.6. The van der Waals surface area contributed by atoms with Crippen molar-refractivity contribution in [2.24, 2.45) is 0 Å². The molecule has 1 saturated heterocycles. The quantitative estimate of drug-likeness (QED) is 0.268. The zero-order valence-electron chi connectivity index (χ0n) is 17.4. The molecule has 0 aliphatic carbocycles. The standard InChI is InChI=1S/C22H23ClN2O4S2/c1-3-28-21(27)18-13(2)17-19(31-18)24-22(30-12-14-6-8-15(23)9-7-14)25(20(17)26)11-16-5-4-10-29-16/h6-9,16H,3-5,10-12H2,1-2H3/t16-/m1/s1. The third-order valence-corrected chi connectivity index (χ3v) is 7.63. The van der Waals surface area contributed by atoms with Crippen LogP contribution in [0.4, 0.5) is 0 Å². The lowest BCUT2D eigenvalue weighted by Crippen LogP contribution is -2.28.